The number of H-pyrrole nitrogens is 1. The molecule has 0 unspecified atom stereocenters. The smallest absolute Gasteiger partial charge is 0.359 e. The molecule has 3 rings (SSSR count). The third-order valence-electron chi connectivity index (χ3n) is 3.18. The van der Waals surface area contributed by atoms with E-state index in [4.69, 9.17) is 0 Å². The molecule has 0 amide bonds. The van der Waals surface area contributed by atoms with Crippen LogP contribution in [0.4, 0.5) is 13.2 Å². The number of aromatic nitrogens is 3. The highest BCUT2D eigenvalue weighted by Crippen LogP contribution is 2.27. The molecule has 0 saturated carbocycles. The lowest BCUT2D eigenvalue weighted by Gasteiger charge is -2.07. The van der Waals surface area contributed by atoms with Crippen LogP contribution in [0.5, 0.6) is 0 Å². The van der Waals surface area contributed by atoms with E-state index in [-0.39, 0.29) is 12.2 Å². The molecule has 1 aromatic carbocycles. The van der Waals surface area contributed by atoms with Gasteiger partial charge in [-0.3, -0.25) is 0 Å². The fraction of sp³-hybridized carbons (Fsp3) is 0.200. The summed E-state index contributed by atoms with van der Waals surface area (Å²) in [5, 5.41) is 1.02. The van der Waals surface area contributed by atoms with Crippen LogP contribution >= 0.6 is 0 Å². The highest BCUT2D eigenvalue weighted by molar-refractivity contribution is 5.81. The molecule has 0 aliphatic rings. The average molecular weight is 291 g/mol. The van der Waals surface area contributed by atoms with Gasteiger partial charge in [0.1, 0.15) is 11.5 Å². The second kappa shape index (κ2) is 4.87. The largest absolute Gasteiger partial charge is 0.433 e. The van der Waals surface area contributed by atoms with Crippen LogP contribution in [0.1, 0.15) is 22.8 Å². The van der Waals surface area contributed by atoms with Gasteiger partial charge in [-0.1, -0.05) is 6.07 Å². The molecule has 0 spiro atoms. The number of fused-ring (bicyclic) bond motifs is 1. The van der Waals surface area contributed by atoms with Crippen LogP contribution in [0.25, 0.3) is 10.9 Å². The topological polar surface area (TPSA) is 41.6 Å². The normalized spacial score (nSPS) is 12.0. The van der Waals surface area contributed by atoms with E-state index >= 15 is 0 Å². The van der Waals surface area contributed by atoms with Gasteiger partial charge in [-0.2, -0.15) is 13.2 Å². The van der Waals surface area contributed by atoms with Crippen molar-refractivity contribution in [2.45, 2.75) is 19.5 Å². The molecule has 0 aliphatic carbocycles. The van der Waals surface area contributed by atoms with Gasteiger partial charge in [-0.05, 0) is 42.1 Å². The number of hydrogen-bond donors (Lipinski definition) is 1. The molecule has 1 N–H and O–H groups in total. The van der Waals surface area contributed by atoms with Crippen molar-refractivity contribution < 1.29 is 13.2 Å². The Morgan fingerprint density at radius 1 is 1.14 bits per heavy atom. The summed E-state index contributed by atoms with van der Waals surface area (Å²) in [7, 11) is 0. The first-order valence-corrected chi connectivity index (χ1v) is 6.39. The number of alkyl halides is 3. The van der Waals surface area contributed by atoms with E-state index in [9.17, 15) is 13.2 Å². The van der Waals surface area contributed by atoms with Crippen LogP contribution < -0.4 is 0 Å². The summed E-state index contributed by atoms with van der Waals surface area (Å²) in [6.45, 7) is 1.95. The number of aryl methyl sites for hydroxylation is 1. The van der Waals surface area contributed by atoms with Crippen molar-refractivity contribution in [1.29, 1.82) is 0 Å². The molecule has 2 aromatic heterocycles. The van der Waals surface area contributed by atoms with Crippen molar-refractivity contribution in [2.24, 2.45) is 0 Å². The number of halogens is 3. The van der Waals surface area contributed by atoms with E-state index in [0.29, 0.717) is 0 Å². The zero-order valence-corrected chi connectivity index (χ0v) is 11.2. The molecular formula is C15H12F3N3. The Kier molecular flexibility index (Phi) is 3.16. The van der Waals surface area contributed by atoms with Crippen LogP contribution in [0.3, 0.4) is 0 Å². The van der Waals surface area contributed by atoms with E-state index in [1.807, 2.05) is 31.2 Å². The van der Waals surface area contributed by atoms with Gasteiger partial charge in [0.25, 0.3) is 0 Å². The molecule has 108 valence electrons. The molecule has 0 saturated heterocycles. The molecule has 3 aromatic rings. The highest BCUT2D eigenvalue weighted by atomic mass is 19.4. The first-order valence-electron chi connectivity index (χ1n) is 6.39. The lowest BCUT2D eigenvalue weighted by atomic mass is 10.1. The third-order valence-corrected chi connectivity index (χ3v) is 3.18. The quantitative estimate of drug-likeness (QED) is 0.778. The van der Waals surface area contributed by atoms with Gasteiger partial charge in [0.05, 0.1) is 0 Å². The fourth-order valence-corrected chi connectivity index (χ4v) is 2.26. The molecule has 6 heteroatoms. The monoisotopic (exact) mass is 291 g/mol. The number of nitrogens with zero attached hydrogens (tertiary/aromatic N) is 2. The standard InChI is InChI=1S/C15H12F3N3/c1-9-6-11-7-10(2-3-12(11)20-9)8-14-19-5-4-13(21-14)15(16,17)18/h2-7,20H,8H2,1H3. The highest BCUT2D eigenvalue weighted by Gasteiger charge is 2.32. The van der Waals surface area contributed by atoms with Crippen LogP contribution in [0, 0.1) is 6.92 Å². The molecular weight excluding hydrogens is 279 g/mol. The Morgan fingerprint density at radius 2 is 1.95 bits per heavy atom. The Labute approximate surface area is 118 Å². The van der Waals surface area contributed by atoms with Crippen molar-refractivity contribution >= 4 is 10.9 Å². The number of nitrogens with one attached hydrogen (secondary N) is 1. The summed E-state index contributed by atoms with van der Waals surface area (Å²) in [6.07, 6.45) is -3.03. The van der Waals surface area contributed by atoms with Crippen LogP contribution in [-0.4, -0.2) is 15.0 Å². The number of aromatic amines is 1. The molecule has 0 aliphatic heterocycles. The minimum absolute atomic E-state index is 0.163. The minimum atomic E-state index is -4.45. The van der Waals surface area contributed by atoms with Gasteiger partial charge in [-0.25, -0.2) is 9.97 Å². The van der Waals surface area contributed by atoms with Gasteiger partial charge in [0.2, 0.25) is 0 Å². The van der Waals surface area contributed by atoms with E-state index in [2.05, 4.69) is 15.0 Å². The zero-order chi connectivity index (χ0) is 15.0. The van der Waals surface area contributed by atoms with Crippen molar-refractivity contribution in [1.82, 2.24) is 15.0 Å². The SMILES string of the molecule is Cc1cc2cc(Cc3nccc(C(F)(F)F)n3)ccc2[nH]1. The Bertz CT molecular complexity index is 790. The van der Waals surface area contributed by atoms with Crippen LogP contribution in [0.15, 0.2) is 36.5 Å². The Hall–Kier alpha value is -2.37. The molecule has 0 radical (unpaired) electrons. The third kappa shape index (κ3) is 2.89. The predicted octanol–water partition coefficient (Wildman–Crippen LogP) is 3.88. The first kappa shape index (κ1) is 13.6. The number of rotatable bonds is 2. The summed E-state index contributed by atoms with van der Waals surface area (Å²) < 4.78 is 37.9. The van der Waals surface area contributed by atoms with E-state index < -0.39 is 11.9 Å². The molecule has 0 bridgehead atoms. The maximum atomic E-state index is 12.6. The zero-order valence-electron chi connectivity index (χ0n) is 11.2. The van der Waals surface area contributed by atoms with Crippen LogP contribution in [-0.2, 0) is 12.6 Å². The number of benzene rings is 1. The maximum Gasteiger partial charge on any atom is 0.433 e. The fourth-order valence-electron chi connectivity index (χ4n) is 2.26. The Morgan fingerprint density at radius 3 is 2.71 bits per heavy atom. The van der Waals surface area contributed by atoms with E-state index in [1.165, 1.54) is 0 Å². The number of hydrogen-bond acceptors (Lipinski definition) is 2. The van der Waals surface area contributed by atoms with Gasteiger partial charge in [-0.15, -0.1) is 0 Å². The van der Waals surface area contributed by atoms with E-state index in [1.54, 1.807) is 0 Å². The van der Waals surface area contributed by atoms with Crippen LogP contribution in [0.2, 0.25) is 0 Å². The minimum Gasteiger partial charge on any atom is -0.359 e. The lowest BCUT2D eigenvalue weighted by Crippen LogP contribution is -2.10. The molecule has 21 heavy (non-hydrogen) atoms. The van der Waals surface area contributed by atoms with E-state index in [0.717, 1.165) is 34.4 Å². The summed E-state index contributed by atoms with van der Waals surface area (Å²) in [5.74, 6) is 0.163. The average Bonchev–Trinajstić information content (AvgIpc) is 2.77. The Balaban J connectivity index is 1.91. The second-order valence-corrected chi connectivity index (χ2v) is 4.91. The van der Waals surface area contributed by atoms with Crippen molar-refractivity contribution in [3.05, 3.63) is 59.3 Å². The first-order chi connectivity index (χ1) is 9.91. The van der Waals surface area contributed by atoms with Gasteiger partial charge < -0.3 is 4.98 Å². The summed E-state index contributed by atoms with van der Waals surface area (Å²) in [5.41, 5.74) is 2.01. The molecule has 0 fully saturated rings. The second-order valence-electron chi connectivity index (χ2n) is 4.91. The predicted molar refractivity (Wildman–Crippen MR) is 72.9 cm³/mol. The van der Waals surface area contributed by atoms with Gasteiger partial charge in [0, 0.05) is 23.8 Å². The maximum absolute atomic E-state index is 12.6. The van der Waals surface area contributed by atoms with Gasteiger partial charge >= 0.3 is 6.18 Å². The molecule has 0 atom stereocenters. The summed E-state index contributed by atoms with van der Waals surface area (Å²) >= 11 is 0. The summed E-state index contributed by atoms with van der Waals surface area (Å²) in [4.78, 5) is 10.7. The van der Waals surface area contributed by atoms with Crippen molar-refractivity contribution in [3.63, 3.8) is 0 Å². The molecule has 2 heterocycles. The summed E-state index contributed by atoms with van der Waals surface area (Å²) in [6, 6.07) is 8.57. The van der Waals surface area contributed by atoms with Gasteiger partial charge in [0.15, 0.2) is 0 Å². The van der Waals surface area contributed by atoms with Crippen molar-refractivity contribution in [2.75, 3.05) is 0 Å². The lowest BCUT2D eigenvalue weighted by molar-refractivity contribution is -0.141. The molecule has 3 nitrogen and oxygen atoms in total. The van der Waals surface area contributed by atoms with Crippen molar-refractivity contribution in [3.8, 4) is 0 Å².